The van der Waals surface area contributed by atoms with Crippen molar-refractivity contribution in [2.24, 2.45) is 9.98 Å². The highest BCUT2D eigenvalue weighted by atomic mass is 16.7. The van der Waals surface area contributed by atoms with E-state index < -0.39 is 37.4 Å². The maximum Gasteiger partial charge on any atom is 0.309 e. The predicted molar refractivity (Wildman–Crippen MR) is 111 cm³/mol. The number of esters is 2. The largest absolute Gasteiger partial charge is 0.448 e. The third-order valence-electron chi connectivity index (χ3n) is 3.78. The average Bonchev–Trinajstić information content (AvgIpc) is 2.84. The summed E-state index contributed by atoms with van der Waals surface area (Å²) in [4.78, 5) is 73.3. The number of isocyanates is 2. The van der Waals surface area contributed by atoms with E-state index in [9.17, 15) is 28.8 Å². The molecule has 12 nitrogen and oxygen atoms in total. The molecular weight excluding hydrogens is 452 g/mol. The first-order valence-electron chi connectivity index (χ1n) is 9.46. The van der Waals surface area contributed by atoms with E-state index in [1.165, 1.54) is 60.7 Å². The summed E-state index contributed by atoms with van der Waals surface area (Å²) in [6, 6.07) is 11.2. The van der Waals surface area contributed by atoms with Gasteiger partial charge in [-0.15, -0.1) is 0 Å². The minimum absolute atomic E-state index is 0.158. The number of benzene rings is 2. The quantitative estimate of drug-likeness (QED) is 0.140. The molecule has 2 atom stereocenters. The lowest BCUT2D eigenvalue weighted by molar-refractivity contribution is -0.171. The smallest absolute Gasteiger partial charge is 0.309 e. The molecule has 0 spiro atoms. The fourth-order valence-corrected chi connectivity index (χ4v) is 2.31. The minimum atomic E-state index is -1.58. The minimum Gasteiger partial charge on any atom is -0.448 e. The van der Waals surface area contributed by atoms with Gasteiger partial charge in [0.1, 0.15) is 11.5 Å². The Morgan fingerprint density at radius 1 is 0.706 bits per heavy atom. The van der Waals surface area contributed by atoms with Crippen LogP contribution in [0, 0.1) is 0 Å². The van der Waals surface area contributed by atoms with Crippen molar-refractivity contribution in [3.8, 4) is 11.5 Å². The summed E-state index contributed by atoms with van der Waals surface area (Å²) in [6.45, 7) is 0. The second-order valence-electron chi connectivity index (χ2n) is 6.12. The summed E-state index contributed by atoms with van der Waals surface area (Å²) in [5, 5.41) is 0. The Balaban J connectivity index is 1.79. The van der Waals surface area contributed by atoms with Gasteiger partial charge in [0.15, 0.2) is 0 Å². The Labute approximate surface area is 191 Å². The van der Waals surface area contributed by atoms with Crippen molar-refractivity contribution < 1.29 is 47.7 Å². The fraction of sp³-hybridized carbons (Fsp3) is 0.182. The number of rotatable bonds is 13. The summed E-state index contributed by atoms with van der Waals surface area (Å²) in [7, 11) is 0. The molecule has 0 aliphatic rings. The molecular formula is C22H16N2O10. The van der Waals surface area contributed by atoms with Crippen LogP contribution in [0.3, 0.4) is 0 Å². The number of carbonyl (C=O) groups excluding carboxylic acids is 6. The normalized spacial score (nSPS) is 11.4. The van der Waals surface area contributed by atoms with Crippen LogP contribution in [-0.2, 0) is 38.2 Å². The molecule has 0 aliphatic heterocycles. The molecule has 0 amide bonds. The molecule has 174 valence electrons. The molecule has 2 rings (SSSR count). The highest BCUT2D eigenvalue weighted by molar-refractivity contribution is 5.79. The standard InChI is InChI=1S/C22H16N2O10/c25-11-21(31-17-5-1-15(2-6-17)23-13-27)33-19(29)9-10-20(30)34-22(12-26)32-18-7-3-16(4-8-18)24-14-28/h1-8,11-12,21-22H,9-10H2. The Morgan fingerprint density at radius 2 is 1.06 bits per heavy atom. The summed E-state index contributed by atoms with van der Waals surface area (Å²) in [5.41, 5.74) is 0.615. The van der Waals surface area contributed by atoms with E-state index in [0.717, 1.165) is 0 Å². The molecule has 0 radical (unpaired) electrons. The highest BCUT2D eigenvalue weighted by Crippen LogP contribution is 2.20. The molecule has 12 heteroatoms. The Morgan fingerprint density at radius 3 is 1.35 bits per heavy atom. The summed E-state index contributed by atoms with van der Waals surface area (Å²) >= 11 is 0. The number of aliphatic imine (C=N–C) groups is 2. The van der Waals surface area contributed by atoms with E-state index in [1.54, 1.807) is 0 Å². The number of carbonyl (C=O) groups is 4. The van der Waals surface area contributed by atoms with E-state index in [0.29, 0.717) is 11.4 Å². The highest BCUT2D eigenvalue weighted by Gasteiger charge is 2.19. The van der Waals surface area contributed by atoms with Crippen molar-refractivity contribution in [2.45, 2.75) is 25.4 Å². The number of nitrogens with zero attached hydrogens (tertiary/aromatic N) is 2. The first-order valence-corrected chi connectivity index (χ1v) is 9.46. The number of hydrogen-bond donors (Lipinski definition) is 0. The van der Waals surface area contributed by atoms with Crippen LogP contribution in [-0.4, -0.2) is 49.3 Å². The van der Waals surface area contributed by atoms with Crippen LogP contribution in [0.15, 0.2) is 58.5 Å². The lowest BCUT2D eigenvalue weighted by Gasteiger charge is -2.15. The monoisotopic (exact) mass is 468 g/mol. The maximum absolute atomic E-state index is 11.9. The van der Waals surface area contributed by atoms with Crippen LogP contribution < -0.4 is 9.47 Å². The van der Waals surface area contributed by atoms with Gasteiger partial charge in [0.25, 0.3) is 12.6 Å². The van der Waals surface area contributed by atoms with E-state index in [2.05, 4.69) is 9.98 Å². The van der Waals surface area contributed by atoms with E-state index >= 15 is 0 Å². The van der Waals surface area contributed by atoms with Gasteiger partial charge in [-0.1, -0.05) is 0 Å². The lowest BCUT2D eigenvalue weighted by Crippen LogP contribution is -2.28. The average molecular weight is 468 g/mol. The van der Waals surface area contributed by atoms with Crippen LogP contribution in [0.4, 0.5) is 11.4 Å². The molecule has 2 unspecified atom stereocenters. The molecule has 2 aromatic rings. The van der Waals surface area contributed by atoms with Crippen molar-refractivity contribution in [3.63, 3.8) is 0 Å². The number of ether oxygens (including phenoxy) is 4. The molecule has 0 fully saturated rings. The zero-order valence-electron chi connectivity index (χ0n) is 17.3. The van der Waals surface area contributed by atoms with Crippen LogP contribution in [0.2, 0.25) is 0 Å². The van der Waals surface area contributed by atoms with Crippen molar-refractivity contribution in [2.75, 3.05) is 0 Å². The molecule has 0 N–H and O–H groups in total. The summed E-state index contributed by atoms with van der Waals surface area (Å²) in [5.74, 6) is -1.56. The van der Waals surface area contributed by atoms with E-state index in [-0.39, 0.29) is 24.1 Å². The number of hydrogen-bond acceptors (Lipinski definition) is 12. The first-order chi connectivity index (χ1) is 16.5. The molecule has 0 saturated carbocycles. The van der Waals surface area contributed by atoms with E-state index in [1.807, 2.05) is 0 Å². The van der Waals surface area contributed by atoms with Gasteiger partial charge >= 0.3 is 11.9 Å². The van der Waals surface area contributed by atoms with Crippen LogP contribution >= 0.6 is 0 Å². The Hall–Kier alpha value is -4.92. The van der Waals surface area contributed by atoms with Gasteiger partial charge in [0.2, 0.25) is 24.7 Å². The zero-order valence-corrected chi connectivity index (χ0v) is 17.3. The van der Waals surface area contributed by atoms with Gasteiger partial charge < -0.3 is 18.9 Å². The van der Waals surface area contributed by atoms with Crippen LogP contribution in [0.5, 0.6) is 11.5 Å². The first kappa shape index (κ1) is 25.3. The molecule has 34 heavy (non-hydrogen) atoms. The van der Waals surface area contributed by atoms with Gasteiger partial charge in [-0.2, -0.15) is 9.98 Å². The fourth-order valence-electron chi connectivity index (χ4n) is 2.31. The summed E-state index contributed by atoms with van der Waals surface area (Å²) in [6.07, 6.45) is -0.904. The van der Waals surface area contributed by atoms with Crippen molar-refractivity contribution >= 4 is 48.0 Å². The second-order valence-corrected chi connectivity index (χ2v) is 6.12. The SMILES string of the molecule is O=C=Nc1ccc(OC(C=O)OC(=O)CCC(=O)OC(C=O)Oc2ccc(N=C=O)cc2)cc1. The Bertz CT molecular complexity index is 1010. The van der Waals surface area contributed by atoms with Crippen LogP contribution in [0.25, 0.3) is 0 Å². The molecule has 0 bridgehead atoms. The molecule has 2 aromatic carbocycles. The Kier molecular flexibility index (Phi) is 10.0. The van der Waals surface area contributed by atoms with Gasteiger partial charge in [-0.05, 0) is 48.5 Å². The van der Waals surface area contributed by atoms with Crippen LogP contribution in [0.1, 0.15) is 12.8 Å². The predicted octanol–water partition coefficient (Wildman–Crippen LogP) is 2.00. The van der Waals surface area contributed by atoms with Gasteiger partial charge in [-0.25, -0.2) is 9.59 Å². The van der Waals surface area contributed by atoms with Gasteiger partial charge in [0, 0.05) is 0 Å². The topological polar surface area (TPSA) is 164 Å². The summed E-state index contributed by atoms with van der Waals surface area (Å²) < 4.78 is 20.0. The molecule has 0 saturated heterocycles. The van der Waals surface area contributed by atoms with E-state index in [4.69, 9.17) is 18.9 Å². The second kappa shape index (κ2) is 13.5. The third-order valence-corrected chi connectivity index (χ3v) is 3.78. The van der Waals surface area contributed by atoms with Gasteiger partial charge in [0.05, 0.1) is 24.2 Å². The third kappa shape index (κ3) is 8.67. The zero-order chi connectivity index (χ0) is 24.8. The maximum atomic E-state index is 11.9. The lowest BCUT2D eigenvalue weighted by atomic mass is 10.3. The molecule has 0 aliphatic carbocycles. The van der Waals surface area contributed by atoms with Crippen molar-refractivity contribution in [3.05, 3.63) is 48.5 Å². The molecule has 0 heterocycles. The van der Waals surface area contributed by atoms with Crippen molar-refractivity contribution in [1.82, 2.24) is 0 Å². The van der Waals surface area contributed by atoms with Crippen molar-refractivity contribution in [1.29, 1.82) is 0 Å². The van der Waals surface area contributed by atoms with Gasteiger partial charge in [-0.3, -0.25) is 19.2 Å². The molecule has 0 aromatic heterocycles. The number of aldehydes is 2.